The SMILES string of the molecule is Cc1ccc([N+](=O)[O-])cc1NC(=O)NC[C@@H](O)c1ccccc1. The van der Waals surface area contributed by atoms with Gasteiger partial charge >= 0.3 is 6.03 Å². The smallest absolute Gasteiger partial charge is 0.319 e. The standard InChI is InChI=1S/C16H17N3O4/c1-11-7-8-13(19(22)23)9-14(11)18-16(21)17-10-15(20)12-5-3-2-4-6-12/h2-9,15,20H,10H2,1H3,(H2,17,18,21)/t15-/m1/s1. The van der Waals surface area contributed by atoms with Gasteiger partial charge in [0.1, 0.15) is 0 Å². The van der Waals surface area contributed by atoms with Crippen molar-refractivity contribution in [3.63, 3.8) is 0 Å². The van der Waals surface area contributed by atoms with Crippen LogP contribution in [0.1, 0.15) is 17.2 Å². The number of aliphatic hydroxyl groups is 1. The third-order valence-electron chi connectivity index (χ3n) is 3.32. The van der Waals surface area contributed by atoms with Crippen LogP contribution in [-0.4, -0.2) is 22.6 Å². The predicted octanol–water partition coefficient (Wildman–Crippen LogP) is 2.76. The molecule has 0 radical (unpaired) electrons. The van der Waals surface area contributed by atoms with E-state index in [1.807, 2.05) is 6.07 Å². The zero-order valence-electron chi connectivity index (χ0n) is 12.5. The summed E-state index contributed by atoms with van der Waals surface area (Å²) >= 11 is 0. The molecule has 0 aliphatic carbocycles. The minimum atomic E-state index is -0.826. The molecular formula is C16H17N3O4. The average molecular weight is 315 g/mol. The maximum absolute atomic E-state index is 11.9. The maximum Gasteiger partial charge on any atom is 0.319 e. The highest BCUT2D eigenvalue weighted by Crippen LogP contribution is 2.21. The van der Waals surface area contributed by atoms with Crippen molar-refractivity contribution >= 4 is 17.4 Å². The van der Waals surface area contributed by atoms with Crippen LogP contribution < -0.4 is 10.6 Å². The van der Waals surface area contributed by atoms with Gasteiger partial charge in [0.15, 0.2) is 0 Å². The number of hydrogen-bond acceptors (Lipinski definition) is 4. The van der Waals surface area contributed by atoms with Gasteiger partial charge in [-0.3, -0.25) is 10.1 Å². The normalized spacial score (nSPS) is 11.6. The van der Waals surface area contributed by atoms with Crippen LogP contribution in [0.4, 0.5) is 16.2 Å². The zero-order valence-corrected chi connectivity index (χ0v) is 12.5. The van der Waals surface area contributed by atoms with Gasteiger partial charge in [0.2, 0.25) is 0 Å². The topological polar surface area (TPSA) is 105 Å². The minimum Gasteiger partial charge on any atom is -0.387 e. The maximum atomic E-state index is 11.9. The number of aryl methyl sites for hydroxylation is 1. The van der Waals surface area contributed by atoms with Crippen LogP contribution in [0.15, 0.2) is 48.5 Å². The van der Waals surface area contributed by atoms with Gasteiger partial charge in [-0.2, -0.15) is 0 Å². The van der Waals surface area contributed by atoms with Crippen LogP contribution in [0.5, 0.6) is 0 Å². The third-order valence-corrected chi connectivity index (χ3v) is 3.32. The number of rotatable bonds is 5. The van der Waals surface area contributed by atoms with E-state index in [2.05, 4.69) is 10.6 Å². The van der Waals surface area contributed by atoms with Gasteiger partial charge in [-0.25, -0.2) is 4.79 Å². The summed E-state index contributed by atoms with van der Waals surface area (Å²) in [5.74, 6) is 0. The number of non-ortho nitro benzene ring substituents is 1. The Balaban J connectivity index is 1.95. The van der Waals surface area contributed by atoms with Crippen molar-refractivity contribution in [3.8, 4) is 0 Å². The van der Waals surface area contributed by atoms with Gasteiger partial charge in [0, 0.05) is 18.7 Å². The molecule has 0 aliphatic rings. The Hall–Kier alpha value is -2.93. The number of anilines is 1. The molecule has 1 atom stereocenters. The Bertz CT molecular complexity index is 704. The summed E-state index contributed by atoms with van der Waals surface area (Å²) in [6, 6.07) is 12.6. The van der Waals surface area contributed by atoms with E-state index in [-0.39, 0.29) is 12.2 Å². The number of carbonyl (C=O) groups excluding carboxylic acids is 1. The summed E-state index contributed by atoms with van der Waals surface area (Å²) < 4.78 is 0. The highest BCUT2D eigenvalue weighted by molar-refractivity contribution is 5.90. The summed E-state index contributed by atoms with van der Waals surface area (Å²) in [4.78, 5) is 22.1. The molecule has 0 aliphatic heterocycles. The molecule has 2 rings (SSSR count). The average Bonchev–Trinajstić information content (AvgIpc) is 2.55. The lowest BCUT2D eigenvalue weighted by molar-refractivity contribution is -0.384. The van der Waals surface area contributed by atoms with Crippen LogP contribution in [0.3, 0.4) is 0 Å². The summed E-state index contributed by atoms with van der Waals surface area (Å²) in [5.41, 5.74) is 1.65. The molecule has 0 heterocycles. The van der Waals surface area contributed by atoms with Gasteiger partial charge in [-0.1, -0.05) is 36.4 Å². The molecule has 2 amide bonds. The number of amides is 2. The van der Waals surface area contributed by atoms with E-state index >= 15 is 0 Å². The molecule has 0 unspecified atom stereocenters. The molecule has 2 aromatic rings. The lowest BCUT2D eigenvalue weighted by Crippen LogP contribution is -2.32. The van der Waals surface area contributed by atoms with Crippen molar-refractivity contribution in [1.29, 1.82) is 0 Å². The van der Waals surface area contributed by atoms with Gasteiger partial charge < -0.3 is 15.7 Å². The molecule has 0 fully saturated rings. The first-order valence-corrected chi connectivity index (χ1v) is 7.00. The van der Waals surface area contributed by atoms with E-state index in [0.717, 1.165) is 0 Å². The fourth-order valence-corrected chi connectivity index (χ4v) is 2.01. The van der Waals surface area contributed by atoms with E-state index in [9.17, 15) is 20.0 Å². The highest BCUT2D eigenvalue weighted by Gasteiger charge is 2.12. The fourth-order valence-electron chi connectivity index (χ4n) is 2.01. The number of aliphatic hydroxyl groups excluding tert-OH is 1. The van der Waals surface area contributed by atoms with E-state index in [0.29, 0.717) is 16.8 Å². The second kappa shape index (κ2) is 7.37. The number of benzene rings is 2. The zero-order chi connectivity index (χ0) is 16.8. The Labute approximate surface area is 133 Å². The van der Waals surface area contributed by atoms with Crippen molar-refractivity contribution in [2.45, 2.75) is 13.0 Å². The van der Waals surface area contributed by atoms with Crippen molar-refractivity contribution in [1.82, 2.24) is 5.32 Å². The molecule has 0 saturated heterocycles. The van der Waals surface area contributed by atoms with Crippen LogP contribution >= 0.6 is 0 Å². The lowest BCUT2D eigenvalue weighted by Gasteiger charge is -2.13. The number of hydrogen-bond donors (Lipinski definition) is 3. The molecule has 120 valence electrons. The van der Waals surface area contributed by atoms with E-state index in [1.165, 1.54) is 12.1 Å². The Morgan fingerprint density at radius 3 is 2.61 bits per heavy atom. The quantitative estimate of drug-likeness (QED) is 0.583. The second-order valence-electron chi connectivity index (χ2n) is 5.02. The Morgan fingerprint density at radius 1 is 1.26 bits per heavy atom. The lowest BCUT2D eigenvalue weighted by atomic mass is 10.1. The predicted molar refractivity (Wildman–Crippen MR) is 86.3 cm³/mol. The first-order chi connectivity index (χ1) is 11.0. The largest absolute Gasteiger partial charge is 0.387 e. The van der Waals surface area contributed by atoms with Crippen LogP contribution in [0, 0.1) is 17.0 Å². The Kier molecular flexibility index (Phi) is 5.27. The number of carbonyl (C=O) groups is 1. The van der Waals surface area contributed by atoms with Crippen LogP contribution in [-0.2, 0) is 0 Å². The number of nitrogens with zero attached hydrogens (tertiary/aromatic N) is 1. The fraction of sp³-hybridized carbons (Fsp3) is 0.188. The molecule has 0 aromatic heterocycles. The monoisotopic (exact) mass is 315 g/mol. The molecule has 23 heavy (non-hydrogen) atoms. The number of nitro benzene ring substituents is 1. The van der Waals surface area contributed by atoms with E-state index in [1.54, 1.807) is 37.3 Å². The summed E-state index contributed by atoms with van der Waals surface area (Å²) in [7, 11) is 0. The molecule has 0 bridgehead atoms. The second-order valence-corrected chi connectivity index (χ2v) is 5.02. The van der Waals surface area contributed by atoms with E-state index in [4.69, 9.17) is 0 Å². The Morgan fingerprint density at radius 2 is 1.96 bits per heavy atom. The summed E-state index contributed by atoms with van der Waals surface area (Å²) in [6.07, 6.45) is -0.826. The van der Waals surface area contributed by atoms with Gasteiger partial charge in [0.25, 0.3) is 5.69 Å². The molecule has 3 N–H and O–H groups in total. The molecule has 2 aromatic carbocycles. The van der Waals surface area contributed by atoms with Crippen molar-refractivity contribution in [3.05, 3.63) is 69.8 Å². The first kappa shape index (κ1) is 16.4. The highest BCUT2D eigenvalue weighted by atomic mass is 16.6. The molecule has 7 nitrogen and oxygen atoms in total. The number of urea groups is 1. The van der Waals surface area contributed by atoms with Crippen molar-refractivity contribution < 1.29 is 14.8 Å². The van der Waals surface area contributed by atoms with Gasteiger partial charge in [0.05, 0.1) is 16.7 Å². The first-order valence-electron chi connectivity index (χ1n) is 7.00. The van der Waals surface area contributed by atoms with Crippen molar-refractivity contribution in [2.75, 3.05) is 11.9 Å². The van der Waals surface area contributed by atoms with Gasteiger partial charge in [-0.05, 0) is 18.1 Å². The van der Waals surface area contributed by atoms with Crippen LogP contribution in [0.2, 0.25) is 0 Å². The third kappa shape index (κ3) is 4.52. The summed E-state index contributed by atoms with van der Waals surface area (Å²) in [6.45, 7) is 1.77. The number of nitrogens with one attached hydrogen (secondary N) is 2. The van der Waals surface area contributed by atoms with Crippen LogP contribution in [0.25, 0.3) is 0 Å². The van der Waals surface area contributed by atoms with Crippen molar-refractivity contribution in [2.24, 2.45) is 0 Å². The molecular weight excluding hydrogens is 298 g/mol. The minimum absolute atomic E-state index is 0.0316. The molecule has 0 spiro atoms. The molecule has 0 saturated carbocycles. The number of nitro groups is 1. The van der Waals surface area contributed by atoms with E-state index < -0.39 is 17.1 Å². The van der Waals surface area contributed by atoms with Gasteiger partial charge in [-0.15, -0.1) is 0 Å². The summed E-state index contributed by atoms with van der Waals surface area (Å²) in [5, 5.41) is 25.8. The molecule has 7 heteroatoms.